The van der Waals surface area contributed by atoms with Crippen LogP contribution in [-0.2, 0) is 71.3 Å². The molecule has 18 saturated carbocycles. The van der Waals surface area contributed by atoms with E-state index in [1.54, 1.807) is 0 Å². The summed E-state index contributed by atoms with van der Waals surface area (Å²) in [4.78, 5) is 59.7. The molecule has 0 aliphatic heterocycles. The molecule has 0 aromatic rings. The zero-order valence-electron chi connectivity index (χ0n) is 66.2. The van der Waals surface area contributed by atoms with Gasteiger partial charge < -0.3 is 47.4 Å². The fourth-order valence-corrected chi connectivity index (χ4v) is 23.7. The van der Waals surface area contributed by atoms with Gasteiger partial charge in [0.15, 0.2) is 33.5 Å². The van der Waals surface area contributed by atoms with Gasteiger partial charge in [-0.15, -0.1) is 0 Å². The summed E-state index contributed by atoms with van der Waals surface area (Å²) in [5.74, 6) is 16.0. The van der Waals surface area contributed by atoms with Crippen LogP contribution in [0.5, 0.6) is 0 Å². The molecule has 0 aromatic carbocycles. The molecule has 101 heavy (non-hydrogen) atoms. The number of ether oxygens (including phenoxy) is 10. The first-order chi connectivity index (χ1) is 47.8. The molecule has 0 spiro atoms. The van der Waals surface area contributed by atoms with E-state index in [9.17, 15) is 24.0 Å². The minimum absolute atomic E-state index is 0.129. The van der Waals surface area contributed by atoms with Gasteiger partial charge in [-0.1, -0.05) is 34.6 Å². The highest BCUT2D eigenvalue weighted by Gasteiger charge is 2.63. The van der Waals surface area contributed by atoms with E-state index in [0.29, 0.717) is 41.7 Å². The second kappa shape index (κ2) is 32.9. The molecule has 0 saturated heterocycles. The van der Waals surface area contributed by atoms with Crippen LogP contribution in [0.3, 0.4) is 0 Å². The summed E-state index contributed by atoms with van der Waals surface area (Å²) in [6.45, 7) is 32.6. The summed E-state index contributed by atoms with van der Waals surface area (Å²) in [5.41, 5.74) is -1.59. The van der Waals surface area contributed by atoms with E-state index in [1.165, 1.54) is 161 Å². The van der Waals surface area contributed by atoms with Gasteiger partial charge in [0.25, 0.3) is 0 Å². The van der Waals surface area contributed by atoms with Crippen molar-refractivity contribution in [2.75, 3.05) is 33.8 Å². The second-order valence-electron chi connectivity index (χ2n) is 39.7. The second-order valence-corrected chi connectivity index (χ2v) is 39.7. The fraction of sp³-hybridized carbons (Fsp3) is 0.942. The Hall–Kier alpha value is -2.85. The van der Waals surface area contributed by atoms with Crippen LogP contribution in [0.1, 0.15) is 303 Å². The molecular formula is C86H142O15. The number of carbonyl (C=O) groups excluding carboxylic acids is 5. The summed E-state index contributed by atoms with van der Waals surface area (Å²) < 4.78 is 56.5. The van der Waals surface area contributed by atoms with Crippen molar-refractivity contribution in [2.45, 2.75) is 334 Å². The predicted octanol–water partition coefficient (Wildman–Crippen LogP) is 19.2. The minimum atomic E-state index is -0.415. The number of hydrogen-bond acceptors (Lipinski definition) is 15. The Morgan fingerprint density at radius 1 is 0.347 bits per heavy atom. The molecule has 18 rings (SSSR count). The maximum Gasteiger partial charge on any atom is 0.313 e. The molecule has 18 aliphatic rings. The van der Waals surface area contributed by atoms with Crippen LogP contribution < -0.4 is 0 Å². The summed E-state index contributed by atoms with van der Waals surface area (Å²) in [6.07, 6.45) is 39.1. The molecule has 18 bridgehead atoms. The average molecular weight is 1420 g/mol. The van der Waals surface area contributed by atoms with Crippen molar-refractivity contribution in [2.24, 2.45) is 145 Å². The third-order valence-corrected chi connectivity index (χ3v) is 30.7. The lowest BCUT2D eigenvalue weighted by atomic mass is 9.50. The van der Waals surface area contributed by atoms with E-state index in [2.05, 4.69) is 0 Å². The normalized spacial score (nSPS) is 39.0. The lowest BCUT2D eigenvalue weighted by Gasteiger charge is -2.56. The van der Waals surface area contributed by atoms with Crippen molar-refractivity contribution in [3.8, 4) is 0 Å². The molecular weight excluding hydrogens is 1270 g/mol. The van der Waals surface area contributed by atoms with Crippen LogP contribution >= 0.6 is 0 Å². The third-order valence-electron chi connectivity index (χ3n) is 30.7. The van der Waals surface area contributed by atoms with Gasteiger partial charge in [-0.05, 0) is 387 Å². The lowest BCUT2D eigenvalue weighted by molar-refractivity contribution is -0.224. The van der Waals surface area contributed by atoms with Gasteiger partial charge in [-0.3, -0.25) is 24.0 Å². The van der Waals surface area contributed by atoms with Crippen LogP contribution in [0.4, 0.5) is 0 Å². The quantitative estimate of drug-likeness (QED) is 0.0262. The first kappa shape index (κ1) is 79.2. The van der Waals surface area contributed by atoms with Crippen LogP contribution in [0, 0.1) is 145 Å². The van der Waals surface area contributed by atoms with Gasteiger partial charge in [0, 0.05) is 0 Å². The zero-order chi connectivity index (χ0) is 72.6. The Kier molecular flexibility index (Phi) is 25.8. The number of rotatable bonds is 26. The molecule has 18 aliphatic carbocycles. The van der Waals surface area contributed by atoms with E-state index in [4.69, 9.17) is 47.4 Å². The van der Waals surface area contributed by atoms with Crippen molar-refractivity contribution in [3.63, 3.8) is 0 Å². The monoisotopic (exact) mass is 1420 g/mol. The maximum absolute atomic E-state index is 12.2. The molecule has 18 fully saturated rings. The van der Waals surface area contributed by atoms with Gasteiger partial charge in [-0.25, -0.2) is 0 Å². The fourth-order valence-electron chi connectivity index (χ4n) is 23.7. The van der Waals surface area contributed by atoms with E-state index < -0.39 is 33.4 Å². The Morgan fingerprint density at radius 2 is 0.723 bits per heavy atom. The largest absolute Gasteiger partial charge is 0.438 e. The number of hydrogen-bond donors (Lipinski definition) is 0. The molecule has 0 amide bonds. The summed E-state index contributed by atoms with van der Waals surface area (Å²) in [5, 5.41) is 0. The number of esters is 5. The van der Waals surface area contributed by atoms with E-state index in [0.717, 1.165) is 139 Å². The SMILES string of the molecule is CCC(C)(C)C(=O)OC(C)OC1C2CC3CC(C2)CC1C3.CCC(C)(C)C(=O)OCOC1C2CC3CC(C2)CC1C3.CCC(C)(C)C(=O)OCOC1CC2CC1C1C3CCC(C3)C21.CCC(C)(C)C(=O)OCOC1CC2CCC1C2.CCC(C)(C)C(=O)OCOCC12CC3CC(CC(C3)C1)C2. The molecule has 0 heterocycles. The Labute approximate surface area is 611 Å². The topological polar surface area (TPSA) is 178 Å². The van der Waals surface area contributed by atoms with E-state index in [1.807, 2.05) is 111 Å². The standard InChI is InChI=1S/C19H30O3.2C18H30O3.C17H28O3.C14H24O3/c1-4-19(2,3)18(20)22-10-21-15-9-13-8-14(15)17-12-6-5-11(7-12)16(13)17;1-5-18(3,4)17(19)21-11(2)20-16-14-7-12-6-13(9-14)10-15(16)8-12;1-4-17(2,3)16(19)21-12-20-11-18-8-13-5-14(9-18)7-15(6-13)10-18;1-4-17(2,3)16(18)20-10-19-15-13-6-11-5-12(8-13)9-14(15)7-11;1-4-14(2,3)13(15)17-9-16-12-8-10-5-6-11(12)7-10/h11-17H,4-10H2,1-3H3;11-16H,5-10H2,1-4H3;13-15H,4-12H2,1-3H3;11-15H,4-10H2,1-3H3;10-12H,4-9H2,1-3H3. The number of fused-ring (bicyclic) bond motifs is 11. The molecule has 11 atom stereocenters. The summed E-state index contributed by atoms with van der Waals surface area (Å²) in [6, 6.07) is 0. The molecule has 0 aromatic heterocycles. The zero-order valence-corrected chi connectivity index (χ0v) is 66.2. The molecule has 0 radical (unpaired) electrons. The molecule has 15 heteroatoms. The first-order valence-corrected chi connectivity index (χ1v) is 41.8. The van der Waals surface area contributed by atoms with E-state index in [-0.39, 0.29) is 57.0 Å². The first-order valence-electron chi connectivity index (χ1n) is 41.8. The van der Waals surface area contributed by atoms with Crippen molar-refractivity contribution < 1.29 is 71.3 Å². The third kappa shape index (κ3) is 18.7. The molecule has 11 unspecified atom stereocenters. The molecule has 576 valence electrons. The van der Waals surface area contributed by atoms with Gasteiger partial charge in [-0.2, -0.15) is 0 Å². The highest BCUT2D eigenvalue weighted by atomic mass is 16.7. The maximum atomic E-state index is 12.2. The molecule has 0 N–H and O–H groups in total. The van der Waals surface area contributed by atoms with Crippen molar-refractivity contribution in [3.05, 3.63) is 0 Å². The summed E-state index contributed by atoms with van der Waals surface area (Å²) in [7, 11) is 0. The average Bonchev–Trinajstić information content (AvgIpc) is 1.29. The highest BCUT2D eigenvalue weighted by Crippen LogP contribution is 2.68. The van der Waals surface area contributed by atoms with Gasteiger partial charge in [0.05, 0.1) is 58.1 Å². The minimum Gasteiger partial charge on any atom is -0.438 e. The number of carbonyl (C=O) groups is 5. The Morgan fingerprint density at radius 3 is 1.15 bits per heavy atom. The van der Waals surface area contributed by atoms with Crippen molar-refractivity contribution in [1.82, 2.24) is 0 Å². The smallest absolute Gasteiger partial charge is 0.313 e. The van der Waals surface area contributed by atoms with Crippen LogP contribution in [0.25, 0.3) is 0 Å². The predicted molar refractivity (Wildman–Crippen MR) is 389 cm³/mol. The van der Waals surface area contributed by atoms with Crippen LogP contribution in [0.15, 0.2) is 0 Å². The Balaban J connectivity index is 0.000000127. The van der Waals surface area contributed by atoms with Gasteiger partial charge in [0.2, 0.25) is 0 Å². The van der Waals surface area contributed by atoms with Crippen LogP contribution in [-0.4, -0.2) is 94.3 Å². The van der Waals surface area contributed by atoms with Gasteiger partial charge >= 0.3 is 29.8 Å². The molecule has 15 nitrogen and oxygen atoms in total. The van der Waals surface area contributed by atoms with Crippen molar-refractivity contribution in [1.29, 1.82) is 0 Å². The van der Waals surface area contributed by atoms with E-state index >= 15 is 0 Å². The Bertz CT molecular complexity index is 2670. The highest BCUT2D eigenvalue weighted by molar-refractivity contribution is 5.77. The van der Waals surface area contributed by atoms with Gasteiger partial charge in [0.1, 0.15) is 0 Å². The van der Waals surface area contributed by atoms with Crippen molar-refractivity contribution >= 4 is 29.8 Å². The van der Waals surface area contributed by atoms with Crippen LogP contribution in [0.2, 0.25) is 0 Å². The lowest BCUT2D eigenvalue weighted by Crippen LogP contribution is -2.50. The summed E-state index contributed by atoms with van der Waals surface area (Å²) >= 11 is 0.